The Kier molecular flexibility index (Phi) is 7.32. The number of nitrogens with zero attached hydrogens (tertiary/aromatic N) is 3. The standard InChI is InChI=1S/C34H30N4O/c1-4-32(39)37-30-22-14-15-26(23-30)31-24-35-33(25(2)36-31)38(3)34(27-16-8-5-9-17-27,28-18-10-6-11-19-28)29-20-12-7-13-21-29/h4-24H,1H2,2-3H3,(H,37,39). The molecule has 1 heterocycles. The molecular formula is C34H30N4O. The zero-order chi connectivity index (χ0) is 27.2. The number of anilines is 2. The van der Waals surface area contributed by atoms with Gasteiger partial charge >= 0.3 is 0 Å². The molecule has 192 valence electrons. The van der Waals surface area contributed by atoms with Crippen LogP contribution < -0.4 is 10.2 Å². The monoisotopic (exact) mass is 510 g/mol. The summed E-state index contributed by atoms with van der Waals surface area (Å²) in [7, 11) is 2.08. The van der Waals surface area contributed by atoms with Crippen molar-refractivity contribution in [3.63, 3.8) is 0 Å². The van der Waals surface area contributed by atoms with E-state index >= 15 is 0 Å². The maximum Gasteiger partial charge on any atom is 0.247 e. The number of aromatic nitrogens is 2. The lowest BCUT2D eigenvalue weighted by atomic mass is 9.75. The summed E-state index contributed by atoms with van der Waals surface area (Å²) in [6.45, 7) is 5.50. The number of benzene rings is 4. The lowest BCUT2D eigenvalue weighted by Gasteiger charge is -2.44. The zero-order valence-corrected chi connectivity index (χ0v) is 22.1. The van der Waals surface area contributed by atoms with Gasteiger partial charge in [0, 0.05) is 18.3 Å². The second-order valence-electron chi connectivity index (χ2n) is 9.31. The molecule has 4 aromatic carbocycles. The van der Waals surface area contributed by atoms with Gasteiger partial charge in [0.25, 0.3) is 0 Å². The smallest absolute Gasteiger partial charge is 0.247 e. The quantitative estimate of drug-likeness (QED) is 0.180. The second-order valence-corrected chi connectivity index (χ2v) is 9.31. The molecule has 1 amide bonds. The molecule has 0 aliphatic carbocycles. The van der Waals surface area contributed by atoms with E-state index in [4.69, 9.17) is 9.97 Å². The van der Waals surface area contributed by atoms with E-state index in [2.05, 4.69) is 96.6 Å². The third-order valence-corrected chi connectivity index (χ3v) is 6.93. The Balaban J connectivity index is 1.65. The van der Waals surface area contributed by atoms with E-state index in [-0.39, 0.29) is 5.91 Å². The van der Waals surface area contributed by atoms with Crippen molar-refractivity contribution in [3.05, 3.63) is 156 Å². The predicted octanol–water partition coefficient (Wildman–Crippen LogP) is 7.00. The highest BCUT2D eigenvalue weighted by molar-refractivity contribution is 5.99. The van der Waals surface area contributed by atoms with Crippen LogP contribution in [0.5, 0.6) is 0 Å². The zero-order valence-electron chi connectivity index (χ0n) is 22.1. The van der Waals surface area contributed by atoms with E-state index in [0.29, 0.717) is 5.69 Å². The number of carbonyl (C=O) groups excluding carboxylic acids is 1. The largest absolute Gasteiger partial charge is 0.340 e. The van der Waals surface area contributed by atoms with Crippen molar-refractivity contribution in [3.8, 4) is 11.3 Å². The summed E-state index contributed by atoms with van der Waals surface area (Å²) in [6, 6.07) is 39.1. The summed E-state index contributed by atoms with van der Waals surface area (Å²) in [5.74, 6) is 0.511. The average molecular weight is 511 g/mol. The Hall–Kier alpha value is -5.03. The van der Waals surface area contributed by atoms with Gasteiger partial charge < -0.3 is 10.2 Å². The third-order valence-electron chi connectivity index (χ3n) is 6.93. The minimum absolute atomic E-state index is 0.259. The topological polar surface area (TPSA) is 58.1 Å². The van der Waals surface area contributed by atoms with Crippen molar-refractivity contribution < 1.29 is 4.79 Å². The second kappa shape index (κ2) is 11.2. The molecule has 0 unspecified atom stereocenters. The lowest BCUT2D eigenvalue weighted by molar-refractivity contribution is -0.111. The van der Waals surface area contributed by atoms with Crippen molar-refractivity contribution in [2.45, 2.75) is 12.5 Å². The van der Waals surface area contributed by atoms with Crippen molar-refractivity contribution in [2.24, 2.45) is 0 Å². The van der Waals surface area contributed by atoms with Crippen molar-refractivity contribution in [1.82, 2.24) is 9.97 Å². The SMILES string of the molecule is C=CC(=O)Nc1cccc(-c2cnc(N(C)C(c3ccccc3)(c3ccccc3)c3ccccc3)c(C)n2)c1. The molecule has 0 saturated heterocycles. The molecule has 0 radical (unpaired) electrons. The number of rotatable bonds is 8. The van der Waals surface area contributed by atoms with E-state index in [1.807, 2.05) is 49.4 Å². The van der Waals surface area contributed by atoms with Crippen LogP contribution in [0.25, 0.3) is 11.3 Å². The van der Waals surface area contributed by atoms with Gasteiger partial charge in [0.1, 0.15) is 5.54 Å². The van der Waals surface area contributed by atoms with Gasteiger partial charge in [-0.3, -0.25) is 4.79 Å². The summed E-state index contributed by atoms with van der Waals surface area (Å²) >= 11 is 0. The van der Waals surface area contributed by atoms with Crippen molar-refractivity contribution in [2.75, 3.05) is 17.3 Å². The fourth-order valence-electron chi connectivity index (χ4n) is 5.17. The van der Waals surface area contributed by atoms with Crippen LogP contribution in [0.4, 0.5) is 11.5 Å². The fraction of sp³-hybridized carbons (Fsp3) is 0.0882. The van der Waals surface area contributed by atoms with E-state index in [1.54, 1.807) is 6.20 Å². The van der Waals surface area contributed by atoms with E-state index in [1.165, 1.54) is 6.08 Å². The molecule has 0 bridgehead atoms. The first kappa shape index (κ1) is 25.6. The molecule has 5 nitrogen and oxygen atoms in total. The first-order chi connectivity index (χ1) is 19.0. The maximum absolute atomic E-state index is 11.8. The molecule has 0 fully saturated rings. The van der Waals surface area contributed by atoms with E-state index < -0.39 is 5.54 Å². The molecule has 5 rings (SSSR count). The lowest BCUT2D eigenvalue weighted by Crippen LogP contribution is -2.47. The summed E-state index contributed by atoms with van der Waals surface area (Å²) in [4.78, 5) is 23.9. The van der Waals surface area contributed by atoms with Gasteiger partial charge in [0.2, 0.25) is 5.91 Å². The molecule has 1 N–H and O–H groups in total. The Morgan fingerprint density at radius 2 is 1.36 bits per heavy atom. The van der Waals surface area contributed by atoms with Crippen LogP contribution in [0.15, 0.2) is 134 Å². The molecule has 0 spiro atoms. The molecule has 0 atom stereocenters. The molecule has 0 aliphatic heterocycles. The third kappa shape index (κ3) is 4.94. The fourth-order valence-corrected chi connectivity index (χ4v) is 5.17. The van der Waals surface area contributed by atoms with Gasteiger partial charge in [-0.15, -0.1) is 0 Å². The van der Waals surface area contributed by atoms with Crippen LogP contribution in [0, 0.1) is 6.92 Å². The molecule has 5 aromatic rings. The normalized spacial score (nSPS) is 11.0. The summed E-state index contributed by atoms with van der Waals surface area (Å²) < 4.78 is 0. The number of amides is 1. The van der Waals surface area contributed by atoms with Gasteiger partial charge in [-0.1, -0.05) is 110 Å². The highest BCUT2D eigenvalue weighted by atomic mass is 16.1. The van der Waals surface area contributed by atoms with Crippen LogP contribution in [-0.2, 0) is 10.3 Å². The molecule has 0 saturated carbocycles. The highest BCUT2D eigenvalue weighted by Crippen LogP contribution is 2.44. The minimum atomic E-state index is -0.653. The van der Waals surface area contributed by atoms with Crippen molar-refractivity contribution >= 4 is 17.4 Å². The molecular weight excluding hydrogens is 480 g/mol. The molecule has 1 aromatic heterocycles. The Labute approximate surface area is 229 Å². The molecule has 0 aliphatic rings. The van der Waals surface area contributed by atoms with Gasteiger partial charge in [-0.05, 0) is 41.8 Å². The average Bonchev–Trinajstić information content (AvgIpc) is 2.99. The Morgan fingerprint density at radius 3 is 1.85 bits per heavy atom. The van der Waals surface area contributed by atoms with Crippen LogP contribution >= 0.6 is 0 Å². The number of hydrogen-bond acceptors (Lipinski definition) is 4. The van der Waals surface area contributed by atoms with Crippen LogP contribution in [0.2, 0.25) is 0 Å². The Bertz CT molecular complexity index is 1490. The van der Waals surface area contributed by atoms with Gasteiger partial charge in [0.15, 0.2) is 5.82 Å². The first-order valence-electron chi connectivity index (χ1n) is 12.8. The van der Waals surface area contributed by atoms with E-state index in [9.17, 15) is 4.79 Å². The summed E-state index contributed by atoms with van der Waals surface area (Å²) in [6.07, 6.45) is 3.04. The van der Waals surface area contributed by atoms with Crippen LogP contribution in [0.1, 0.15) is 22.4 Å². The molecule has 5 heteroatoms. The summed E-state index contributed by atoms with van der Waals surface area (Å²) in [5, 5.41) is 2.81. The molecule has 39 heavy (non-hydrogen) atoms. The minimum Gasteiger partial charge on any atom is -0.340 e. The van der Waals surface area contributed by atoms with Gasteiger partial charge in [-0.25, -0.2) is 9.97 Å². The highest BCUT2D eigenvalue weighted by Gasteiger charge is 2.41. The van der Waals surface area contributed by atoms with Crippen LogP contribution in [-0.4, -0.2) is 22.9 Å². The summed E-state index contributed by atoms with van der Waals surface area (Å²) in [5.41, 5.74) is 5.78. The number of nitrogens with one attached hydrogen (secondary N) is 1. The maximum atomic E-state index is 11.8. The number of aryl methyl sites for hydroxylation is 1. The van der Waals surface area contributed by atoms with Gasteiger partial charge in [0.05, 0.1) is 17.6 Å². The number of hydrogen-bond donors (Lipinski definition) is 1. The van der Waals surface area contributed by atoms with Gasteiger partial charge in [-0.2, -0.15) is 0 Å². The number of carbonyl (C=O) groups is 1. The van der Waals surface area contributed by atoms with E-state index in [0.717, 1.165) is 39.5 Å². The predicted molar refractivity (Wildman–Crippen MR) is 159 cm³/mol. The van der Waals surface area contributed by atoms with Crippen molar-refractivity contribution in [1.29, 1.82) is 0 Å². The Morgan fingerprint density at radius 1 is 0.821 bits per heavy atom. The van der Waals surface area contributed by atoms with Crippen LogP contribution in [0.3, 0.4) is 0 Å². The first-order valence-corrected chi connectivity index (χ1v) is 12.8.